The third-order valence-corrected chi connectivity index (χ3v) is 4.66. The van der Waals surface area contributed by atoms with E-state index in [0.29, 0.717) is 28.0 Å². The first-order valence-corrected chi connectivity index (χ1v) is 9.06. The quantitative estimate of drug-likeness (QED) is 0.530. The second-order valence-electron chi connectivity index (χ2n) is 6.26. The number of ether oxygens (including phenoxy) is 2. The monoisotopic (exact) mass is 396 g/mol. The lowest BCUT2D eigenvalue weighted by Crippen LogP contribution is -2.42. The molecule has 6 nitrogen and oxygen atoms in total. The number of nitrogens with zero attached hydrogens (tertiary/aromatic N) is 1. The maximum atomic E-state index is 12.2. The van der Waals surface area contributed by atoms with E-state index in [0.717, 1.165) is 11.1 Å². The number of rotatable bonds is 4. The van der Waals surface area contributed by atoms with Gasteiger partial charge in [-0.2, -0.15) is 5.10 Å². The van der Waals surface area contributed by atoms with Gasteiger partial charge in [0.1, 0.15) is 18.1 Å². The van der Waals surface area contributed by atoms with Crippen LogP contribution < -0.4 is 14.9 Å². The Morgan fingerprint density at radius 3 is 2.82 bits per heavy atom. The molecule has 0 saturated carbocycles. The number of halogens is 1. The van der Waals surface area contributed by atoms with Gasteiger partial charge < -0.3 is 13.9 Å². The third-order valence-electron chi connectivity index (χ3n) is 4.25. The summed E-state index contributed by atoms with van der Waals surface area (Å²) in [5.41, 5.74) is 4.31. The zero-order valence-electron chi connectivity index (χ0n) is 15.0. The zero-order chi connectivity index (χ0) is 19.5. The molecule has 1 aliphatic heterocycles. The number of carbonyl (C=O) groups excluding carboxylic acids is 1. The largest absolute Gasteiger partial charge is 0.485 e. The number of hydrogen-bond donors (Lipinski definition) is 1. The summed E-state index contributed by atoms with van der Waals surface area (Å²) in [5, 5.41) is 4.61. The van der Waals surface area contributed by atoms with E-state index in [1.165, 1.54) is 6.21 Å². The van der Waals surface area contributed by atoms with Crippen molar-refractivity contribution in [1.82, 2.24) is 5.43 Å². The molecule has 1 atom stereocenters. The molecule has 0 radical (unpaired) electrons. The first kappa shape index (κ1) is 18.1. The van der Waals surface area contributed by atoms with Gasteiger partial charge in [0.2, 0.25) is 6.10 Å². The highest BCUT2D eigenvalue weighted by Gasteiger charge is 2.27. The lowest BCUT2D eigenvalue weighted by molar-refractivity contribution is -0.130. The van der Waals surface area contributed by atoms with E-state index in [1.807, 2.05) is 43.3 Å². The van der Waals surface area contributed by atoms with Crippen LogP contribution >= 0.6 is 11.6 Å². The van der Waals surface area contributed by atoms with Crippen molar-refractivity contribution in [2.45, 2.75) is 13.0 Å². The predicted molar refractivity (Wildman–Crippen MR) is 106 cm³/mol. The van der Waals surface area contributed by atoms with Crippen LogP contribution in [0.25, 0.3) is 11.3 Å². The molecule has 3 aromatic rings. The van der Waals surface area contributed by atoms with E-state index in [-0.39, 0.29) is 6.61 Å². The van der Waals surface area contributed by atoms with Gasteiger partial charge in [0.25, 0.3) is 5.91 Å². The summed E-state index contributed by atoms with van der Waals surface area (Å²) in [6.45, 7) is 2.06. The molecule has 28 heavy (non-hydrogen) atoms. The van der Waals surface area contributed by atoms with E-state index >= 15 is 0 Å². The first-order chi connectivity index (χ1) is 13.6. The van der Waals surface area contributed by atoms with Crippen LogP contribution in [0.4, 0.5) is 0 Å². The molecule has 1 N–H and O–H groups in total. The minimum atomic E-state index is -0.770. The number of hydrazone groups is 1. The summed E-state index contributed by atoms with van der Waals surface area (Å²) in [4.78, 5) is 12.2. The number of hydrogen-bond acceptors (Lipinski definition) is 5. The smallest absolute Gasteiger partial charge is 0.284 e. The minimum absolute atomic E-state index is 0.122. The molecular weight excluding hydrogens is 380 g/mol. The van der Waals surface area contributed by atoms with Crippen molar-refractivity contribution in [1.29, 1.82) is 0 Å². The van der Waals surface area contributed by atoms with Gasteiger partial charge in [0, 0.05) is 10.6 Å². The predicted octanol–water partition coefficient (Wildman–Crippen LogP) is 4.20. The Balaban J connectivity index is 1.37. The molecule has 2 heterocycles. The highest BCUT2D eigenvalue weighted by Crippen LogP contribution is 2.31. The number of amides is 1. The number of benzene rings is 2. The summed E-state index contributed by atoms with van der Waals surface area (Å²) in [5.74, 6) is 1.91. The highest BCUT2D eigenvalue weighted by atomic mass is 35.5. The van der Waals surface area contributed by atoms with Crippen molar-refractivity contribution in [3.8, 4) is 22.8 Å². The van der Waals surface area contributed by atoms with Crippen LogP contribution in [0.5, 0.6) is 11.5 Å². The Labute approximate surface area is 166 Å². The third kappa shape index (κ3) is 3.87. The molecule has 0 spiro atoms. The van der Waals surface area contributed by atoms with Gasteiger partial charge in [0.05, 0.1) is 6.21 Å². The lowest BCUT2D eigenvalue weighted by Gasteiger charge is -2.24. The van der Waals surface area contributed by atoms with Gasteiger partial charge in [-0.25, -0.2) is 5.43 Å². The van der Waals surface area contributed by atoms with Gasteiger partial charge in [-0.3, -0.25) is 4.79 Å². The maximum absolute atomic E-state index is 12.2. The van der Waals surface area contributed by atoms with Crippen molar-refractivity contribution >= 4 is 23.7 Å². The van der Waals surface area contributed by atoms with Crippen LogP contribution in [0.15, 0.2) is 64.1 Å². The Morgan fingerprint density at radius 2 is 2.00 bits per heavy atom. The minimum Gasteiger partial charge on any atom is -0.485 e. The van der Waals surface area contributed by atoms with Crippen molar-refractivity contribution in [2.75, 3.05) is 6.61 Å². The summed E-state index contributed by atoms with van der Waals surface area (Å²) in [6, 6.07) is 16.5. The van der Waals surface area contributed by atoms with E-state index < -0.39 is 12.0 Å². The van der Waals surface area contributed by atoms with E-state index in [1.54, 1.807) is 18.2 Å². The molecule has 0 saturated heterocycles. The van der Waals surface area contributed by atoms with Crippen molar-refractivity contribution in [3.63, 3.8) is 0 Å². The van der Waals surface area contributed by atoms with Gasteiger partial charge >= 0.3 is 0 Å². The zero-order valence-corrected chi connectivity index (χ0v) is 15.8. The molecular formula is C21H17ClN2O4. The molecule has 0 bridgehead atoms. The molecule has 2 aromatic carbocycles. The van der Waals surface area contributed by atoms with Crippen LogP contribution in [0.3, 0.4) is 0 Å². The Kier molecular flexibility index (Phi) is 5.04. The fourth-order valence-corrected chi connectivity index (χ4v) is 2.88. The maximum Gasteiger partial charge on any atom is 0.284 e. The van der Waals surface area contributed by atoms with Crippen molar-refractivity contribution in [2.24, 2.45) is 5.10 Å². The Morgan fingerprint density at radius 1 is 1.18 bits per heavy atom. The molecule has 1 aliphatic rings. The molecule has 142 valence electrons. The number of para-hydroxylation sites is 2. The van der Waals surface area contributed by atoms with E-state index in [9.17, 15) is 4.79 Å². The molecule has 4 rings (SSSR count). The van der Waals surface area contributed by atoms with Crippen LogP contribution in [-0.2, 0) is 4.79 Å². The number of furan rings is 1. The van der Waals surface area contributed by atoms with Gasteiger partial charge in [-0.05, 0) is 42.8 Å². The second-order valence-corrected chi connectivity index (χ2v) is 6.67. The van der Waals surface area contributed by atoms with Crippen LogP contribution in [0, 0.1) is 6.92 Å². The first-order valence-electron chi connectivity index (χ1n) is 8.68. The standard InChI is InChI=1S/C21H17ClN2O4/c1-13-6-7-14(10-16(13)22)17-9-8-15(27-17)11-23-24-21(25)20-12-26-18-4-2-3-5-19(18)28-20/h2-11,20H,12H2,1H3,(H,24,25)/t20-/m1/s1. The summed E-state index contributed by atoms with van der Waals surface area (Å²) >= 11 is 6.16. The van der Waals surface area contributed by atoms with Gasteiger partial charge in [-0.15, -0.1) is 0 Å². The topological polar surface area (TPSA) is 73.1 Å². The summed E-state index contributed by atoms with van der Waals surface area (Å²) in [6.07, 6.45) is 0.656. The van der Waals surface area contributed by atoms with E-state index in [2.05, 4.69) is 10.5 Å². The molecule has 0 aliphatic carbocycles. The van der Waals surface area contributed by atoms with Crippen LogP contribution in [-0.4, -0.2) is 24.8 Å². The number of nitrogens with one attached hydrogen (secondary N) is 1. The van der Waals surface area contributed by atoms with Crippen LogP contribution in [0.2, 0.25) is 5.02 Å². The van der Waals surface area contributed by atoms with E-state index in [4.69, 9.17) is 25.5 Å². The SMILES string of the molecule is Cc1ccc(-c2ccc(C=NNC(=O)[C@H]3COc4ccccc4O3)o2)cc1Cl. The summed E-state index contributed by atoms with van der Waals surface area (Å²) in [7, 11) is 0. The highest BCUT2D eigenvalue weighted by molar-refractivity contribution is 6.31. The number of fused-ring (bicyclic) bond motifs is 1. The molecule has 1 aromatic heterocycles. The Hall–Kier alpha value is -3.25. The fraction of sp³-hybridized carbons (Fsp3) is 0.143. The molecule has 1 amide bonds. The summed E-state index contributed by atoms with van der Waals surface area (Å²) < 4.78 is 16.9. The average molecular weight is 397 g/mol. The van der Waals surface area contributed by atoms with Gasteiger partial charge in [-0.1, -0.05) is 35.9 Å². The Bertz CT molecular complexity index is 1040. The van der Waals surface area contributed by atoms with Gasteiger partial charge in [0.15, 0.2) is 11.5 Å². The second kappa shape index (κ2) is 7.78. The normalized spacial score (nSPS) is 15.6. The number of aryl methyl sites for hydroxylation is 1. The van der Waals surface area contributed by atoms with Crippen LogP contribution in [0.1, 0.15) is 11.3 Å². The molecule has 0 fully saturated rings. The average Bonchev–Trinajstić information content (AvgIpc) is 3.18. The van der Waals surface area contributed by atoms with Crippen molar-refractivity contribution in [3.05, 3.63) is 70.9 Å². The fourth-order valence-electron chi connectivity index (χ4n) is 2.70. The lowest BCUT2D eigenvalue weighted by atomic mass is 10.1. The van der Waals surface area contributed by atoms with Crippen molar-refractivity contribution < 1.29 is 18.7 Å². The molecule has 0 unspecified atom stereocenters. The molecule has 7 heteroatoms. The number of carbonyl (C=O) groups is 1.